The van der Waals surface area contributed by atoms with Gasteiger partial charge in [0, 0.05) is 38.0 Å². The fourth-order valence-electron chi connectivity index (χ4n) is 1.42. The summed E-state index contributed by atoms with van der Waals surface area (Å²) in [7, 11) is 1.66. The van der Waals surface area contributed by atoms with Crippen LogP contribution in [0.3, 0.4) is 0 Å². The highest BCUT2D eigenvalue weighted by Gasteiger charge is 1.98. The molecule has 0 radical (unpaired) electrons. The molecule has 0 fully saturated rings. The second-order valence-electron chi connectivity index (χ2n) is 4.04. The van der Waals surface area contributed by atoms with Gasteiger partial charge in [0.25, 0.3) is 0 Å². The van der Waals surface area contributed by atoms with Crippen molar-refractivity contribution in [3.8, 4) is 0 Å². The first-order valence-electron chi connectivity index (χ1n) is 6.44. The van der Waals surface area contributed by atoms with E-state index in [0.29, 0.717) is 19.8 Å². The number of nitrogens with one attached hydrogen (secondary N) is 1. The highest BCUT2D eigenvalue weighted by atomic mass is 16.5. The zero-order valence-electron chi connectivity index (χ0n) is 11.3. The summed E-state index contributed by atoms with van der Waals surface area (Å²) < 4.78 is 10.3. The second-order valence-corrected chi connectivity index (χ2v) is 4.04. The number of rotatable bonds is 10. The summed E-state index contributed by atoms with van der Waals surface area (Å²) in [5.41, 5.74) is 1.12. The Balaban J connectivity index is 2.19. The van der Waals surface area contributed by atoms with Crippen LogP contribution in [-0.2, 0) is 22.4 Å². The minimum absolute atomic E-state index is 0.621. The first kappa shape index (κ1) is 15.0. The summed E-state index contributed by atoms with van der Waals surface area (Å²) in [6, 6.07) is 0. The van der Waals surface area contributed by atoms with Gasteiger partial charge >= 0.3 is 0 Å². The van der Waals surface area contributed by atoms with Gasteiger partial charge in [0.15, 0.2) is 0 Å². The third-order valence-corrected chi connectivity index (χ3v) is 2.42. The Morgan fingerprint density at radius 2 is 1.94 bits per heavy atom. The van der Waals surface area contributed by atoms with Gasteiger partial charge in [-0.25, -0.2) is 9.97 Å². The third-order valence-electron chi connectivity index (χ3n) is 2.42. The van der Waals surface area contributed by atoms with Gasteiger partial charge in [-0.3, -0.25) is 0 Å². The first-order chi connectivity index (χ1) is 8.86. The van der Waals surface area contributed by atoms with Crippen molar-refractivity contribution in [3.63, 3.8) is 0 Å². The van der Waals surface area contributed by atoms with Crippen LogP contribution in [0, 0.1) is 0 Å². The molecule has 0 aliphatic carbocycles. The van der Waals surface area contributed by atoms with Gasteiger partial charge < -0.3 is 14.8 Å². The lowest BCUT2D eigenvalue weighted by atomic mass is 10.3. The van der Waals surface area contributed by atoms with Gasteiger partial charge in [-0.1, -0.05) is 6.92 Å². The topological polar surface area (TPSA) is 56.3 Å². The molecule has 1 aromatic rings. The Morgan fingerprint density at radius 3 is 2.61 bits per heavy atom. The standard InChI is InChI=1S/C13H23N3O2/c1-3-5-14-9-12-10-15-13(16-11-12)4-6-18-8-7-17-2/h10-11,14H,3-9H2,1-2H3. The molecule has 1 N–H and O–H groups in total. The predicted octanol–water partition coefficient (Wildman–Crippen LogP) is 1.18. The fraction of sp³-hybridized carbons (Fsp3) is 0.692. The van der Waals surface area contributed by atoms with Crippen molar-refractivity contribution in [1.82, 2.24) is 15.3 Å². The summed E-state index contributed by atoms with van der Waals surface area (Å²) in [6.07, 6.45) is 5.63. The molecule has 0 amide bonds. The third kappa shape index (κ3) is 6.64. The van der Waals surface area contributed by atoms with Crippen LogP contribution in [-0.4, -0.2) is 43.4 Å². The van der Waals surface area contributed by atoms with E-state index in [2.05, 4.69) is 22.2 Å². The van der Waals surface area contributed by atoms with Crippen molar-refractivity contribution < 1.29 is 9.47 Å². The van der Waals surface area contributed by atoms with Crippen molar-refractivity contribution >= 4 is 0 Å². The lowest BCUT2D eigenvalue weighted by molar-refractivity contribution is 0.0716. The molecule has 0 aromatic carbocycles. The molecule has 0 unspecified atom stereocenters. The molecule has 1 heterocycles. The highest BCUT2D eigenvalue weighted by Crippen LogP contribution is 1.97. The van der Waals surface area contributed by atoms with Crippen LogP contribution in [0.2, 0.25) is 0 Å². The predicted molar refractivity (Wildman–Crippen MR) is 70.4 cm³/mol. The smallest absolute Gasteiger partial charge is 0.130 e. The lowest BCUT2D eigenvalue weighted by Crippen LogP contribution is -2.14. The van der Waals surface area contributed by atoms with Crippen LogP contribution in [0.25, 0.3) is 0 Å². The average molecular weight is 253 g/mol. The molecule has 18 heavy (non-hydrogen) atoms. The van der Waals surface area contributed by atoms with Crippen LogP contribution in [0.4, 0.5) is 0 Å². The number of nitrogens with zero attached hydrogens (tertiary/aromatic N) is 2. The maximum absolute atomic E-state index is 5.37. The van der Waals surface area contributed by atoms with E-state index in [-0.39, 0.29) is 0 Å². The summed E-state index contributed by atoms with van der Waals surface area (Å²) in [5, 5.41) is 3.32. The van der Waals surface area contributed by atoms with E-state index >= 15 is 0 Å². The molecular weight excluding hydrogens is 230 g/mol. The minimum atomic E-state index is 0.621. The fourth-order valence-corrected chi connectivity index (χ4v) is 1.42. The maximum Gasteiger partial charge on any atom is 0.130 e. The van der Waals surface area contributed by atoms with Gasteiger partial charge in [0.05, 0.1) is 19.8 Å². The Hall–Kier alpha value is -1.04. The maximum atomic E-state index is 5.37. The van der Waals surface area contributed by atoms with Crippen LogP contribution in [0.5, 0.6) is 0 Å². The minimum Gasteiger partial charge on any atom is -0.382 e. The van der Waals surface area contributed by atoms with Gasteiger partial charge in [-0.2, -0.15) is 0 Å². The summed E-state index contributed by atoms with van der Waals surface area (Å²) >= 11 is 0. The van der Waals surface area contributed by atoms with E-state index in [9.17, 15) is 0 Å². The molecule has 1 rings (SSSR count). The molecule has 5 nitrogen and oxygen atoms in total. The van der Waals surface area contributed by atoms with Crippen molar-refractivity contribution in [2.24, 2.45) is 0 Å². The van der Waals surface area contributed by atoms with Crippen molar-refractivity contribution in [2.75, 3.05) is 33.5 Å². The zero-order valence-corrected chi connectivity index (χ0v) is 11.3. The summed E-state index contributed by atoms with van der Waals surface area (Å²) in [4.78, 5) is 8.63. The molecule has 0 bridgehead atoms. The molecule has 0 spiro atoms. The molecule has 0 saturated carbocycles. The van der Waals surface area contributed by atoms with Crippen molar-refractivity contribution in [1.29, 1.82) is 0 Å². The van der Waals surface area contributed by atoms with E-state index in [1.54, 1.807) is 7.11 Å². The Kier molecular flexibility index (Phi) is 8.29. The van der Waals surface area contributed by atoms with Gasteiger partial charge in [0.2, 0.25) is 0 Å². The zero-order chi connectivity index (χ0) is 13.1. The normalized spacial score (nSPS) is 10.8. The second kappa shape index (κ2) is 9.94. The lowest BCUT2D eigenvalue weighted by Gasteiger charge is -2.05. The molecule has 0 saturated heterocycles. The molecule has 0 atom stereocenters. The average Bonchev–Trinajstić information content (AvgIpc) is 2.40. The van der Waals surface area contributed by atoms with Gasteiger partial charge in [-0.15, -0.1) is 0 Å². The van der Waals surface area contributed by atoms with E-state index in [4.69, 9.17) is 9.47 Å². The number of hydrogen-bond donors (Lipinski definition) is 1. The molecule has 1 aromatic heterocycles. The van der Waals surface area contributed by atoms with E-state index in [1.807, 2.05) is 12.4 Å². The Labute approximate surface area is 109 Å². The number of methoxy groups -OCH3 is 1. The molecule has 0 aliphatic rings. The Bertz CT molecular complexity index is 304. The molecular formula is C13H23N3O2. The monoisotopic (exact) mass is 253 g/mol. The van der Waals surface area contributed by atoms with Crippen molar-refractivity contribution in [2.45, 2.75) is 26.3 Å². The number of ether oxygens (including phenoxy) is 2. The number of aromatic nitrogens is 2. The molecule has 102 valence electrons. The Morgan fingerprint density at radius 1 is 1.17 bits per heavy atom. The largest absolute Gasteiger partial charge is 0.382 e. The van der Waals surface area contributed by atoms with Gasteiger partial charge in [0.1, 0.15) is 5.82 Å². The van der Waals surface area contributed by atoms with Gasteiger partial charge in [-0.05, 0) is 13.0 Å². The summed E-state index contributed by atoms with van der Waals surface area (Å²) in [6.45, 7) is 5.89. The van der Waals surface area contributed by atoms with Crippen LogP contribution in [0.15, 0.2) is 12.4 Å². The van der Waals surface area contributed by atoms with E-state index in [1.165, 1.54) is 0 Å². The SMILES string of the molecule is CCCNCc1cnc(CCOCCOC)nc1. The number of hydrogen-bond acceptors (Lipinski definition) is 5. The molecule has 5 heteroatoms. The highest BCUT2D eigenvalue weighted by molar-refractivity contribution is 5.04. The first-order valence-corrected chi connectivity index (χ1v) is 6.44. The van der Waals surface area contributed by atoms with E-state index in [0.717, 1.165) is 37.3 Å². The van der Waals surface area contributed by atoms with Crippen LogP contribution in [0.1, 0.15) is 24.7 Å². The van der Waals surface area contributed by atoms with Crippen LogP contribution >= 0.6 is 0 Å². The van der Waals surface area contributed by atoms with Crippen LogP contribution < -0.4 is 5.32 Å². The van der Waals surface area contributed by atoms with E-state index < -0.39 is 0 Å². The quantitative estimate of drug-likeness (QED) is 0.635. The molecule has 0 aliphatic heterocycles. The van der Waals surface area contributed by atoms with Crippen molar-refractivity contribution in [3.05, 3.63) is 23.8 Å². The summed E-state index contributed by atoms with van der Waals surface area (Å²) in [5.74, 6) is 0.826.